The average Bonchev–Trinajstić information content (AvgIpc) is 3.26. The van der Waals surface area contributed by atoms with Gasteiger partial charge in [-0.1, -0.05) is 35.1 Å². The number of ether oxygens (including phenoxy) is 1. The van der Waals surface area contributed by atoms with Gasteiger partial charge in [-0.25, -0.2) is 9.78 Å². The zero-order chi connectivity index (χ0) is 20.3. The molecule has 2 aromatic rings. The fourth-order valence-corrected chi connectivity index (χ4v) is 4.73. The highest BCUT2D eigenvalue weighted by Gasteiger charge is 2.22. The number of nitriles is 1. The first kappa shape index (κ1) is 20.3. The Morgan fingerprint density at radius 1 is 1.43 bits per heavy atom. The van der Waals surface area contributed by atoms with Gasteiger partial charge in [0, 0.05) is 17.3 Å². The van der Waals surface area contributed by atoms with E-state index in [-0.39, 0.29) is 0 Å². The molecule has 3 heterocycles. The van der Waals surface area contributed by atoms with Crippen molar-refractivity contribution in [1.82, 2.24) is 14.5 Å². The molecule has 0 fully saturated rings. The summed E-state index contributed by atoms with van der Waals surface area (Å²) in [6.45, 7) is 5.35. The first-order chi connectivity index (χ1) is 13.3. The van der Waals surface area contributed by atoms with Gasteiger partial charge in [0.25, 0.3) is 0 Å². The summed E-state index contributed by atoms with van der Waals surface area (Å²) in [5, 5.41) is 14.4. The third-order valence-corrected chi connectivity index (χ3v) is 5.90. The van der Waals surface area contributed by atoms with Crippen LogP contribution in [0.2, 0.25) is 5.02 Å². The van der Waals surface area contributed by atoms with Gasteiger partial charge in [0.15, 0.2) is 0 Å². The predicted octanol–water partition coefficient (Wildman–Crippen LogP) is 5.41. The molecule has 2 aromatic heterocycles. The van der Waals surface area contributed by atoms with Crippen LogP contribution in [0.25, 0.3) is 10.6 Å². The maximum atomic E-state index is 11.9. The second-order valence-electron chi connectivity index (χ2n) is 6.60. The molecular weight excluding hydrogens is 418 g/mol. The second-order valence-corrected chi connectivity index (χ2v) is 9.20. The molecule has 144 valence electrons. The Bertz CT molecular complexity index is 1000. The van der Waals surface area contributed by atoms with Gasteiger partial charge < -0.3 is 4.74 Å². The van der Waals surface area contributed by atoms with Crippen LogP contribution in [-0.2, 0) is 4.74 Å². The molecular formula is C18H16ClN5O2S2. The Labute approximate surface area is 175 Å². The van der Waals surface area contributed by atoms with Gasteiger partial charge in [0.2, 0.25) is 0 Å². The maximum absolute atomic E-state index is 11.9. The summed E-state index contributed by atoms with van der Waals surface area (Å²) in [5.74, 6) is 0. The Hall–Kier alpha value is -2.41. The number of rotatable bonds is 3. The van der Waals surface area contributed by atoms with E-state index in [0.29, 0.717) is 22.1 Å². The number of imidazole rings is 1. The molecule has 28 heavy (non-hydrogen) atoms. The van der Waals surface area contributed by atoms with Crippen LogP contribution in [0.15, 0.2) is 40.6 Å². The van der Waals surface area contributed by atoms with E-state index in [0.717, 1.165) is 9.14 Å². The van der Waals surface area contributed by atoms with E-state index in [1.165, 1.54) is 29.7 Å². The predicted molar refractivity (Wildman–Crippen MR) is 113 cm³/mol. The number of nitrogens with one attached hydrogen (secondary N) is 1. The van der Waals surface area contributed by atoms with Gasteiger partial charge in [-0.15, -0.1) is 0 Å². The van der Waals surface area contributed by atoms with E-state index in [1.807, 2.05) is 5.41 Å². The standard InChI is InChI=1S/C18H16ClN5O2S2/c1-18(2,3)26-17(25)23-11-6-12(19)15(22-8-11)14-9-27-16(28-14)13(7-20)24-5-4-21-10-24/h4-6,8-10H,1-3H3,(H,23,25)/b16-13+. The number of allylic oxidation sites excluding steroid dienone is 1. The molecule has 3 rings (SSSR count). The van der Waals surface area contributed by atoms with E-state index in [9.17, 15) is 10.1 Å². The molecule has 10 heteroatoms. The summed E-state index contributed by atoms with van der Waals surface area (Å²) in [6.07, 6.45) is 5.85. The van der Waals surface area contributed by atoms with Crippen LogP contribution in [0.3, 0.4) is 0 Å². The number of anilines is 1. The smallest absolute Gasteiger partial charge is 0.412 e. The lowest BCUT2D eigenvalue weighted by Crippen LogP contribution is -2.27. The van der Waals surface area contributed by atoms with E-state index in [2.05, 4.69) is 21.4 Å². The van der Waals surface area contributed by atoms with E-state index in [1.54, 1.807) is 50.1 Å². The molecule has 7 nitrogen and oxygen atoms in total. The minimum atomic E-state index is -0.597. The molecule has 0 saturated heterocycles. The summed E-state index contributed by atoms with van der Waals surface area (Å²) in [6, 6.07) is 3.81. The molecule has 0 aromatic carbocycles. The molecule has 0 bridgehead atoms. The third kappa shape index (κ3) is 4.90. The van der Waals surface area contributed by atoms with Crippen LogP contribution in [-0.4, -0.2) is 26.2 Å². The number of hydrogen-bond donors (Lipinski definition) is 1. The van der Waals surface area contributed by atoms with Crippen molar-refractivity contribution >= 4 is 57.5 Å². The average molecular weight is 434 g/mol. The number of halogens is 1. The normalized spacial score (nSPS) is 15.6. The van der Waals surface area contributed by atoms with Crippen LogP contribution >= 0.6 is 35.1 Å². The quantitative estimate of drug-likeness (QED) is 0.647. The Morgan fingerprint density at radius 2 is 2.21 bits per heavy atom. The highest BCUT2D eigenvalue weighted by molar-refractivity contribution is 8.31. The van der Waals surface area contributed by atoms with Crippen molar-refractivity contribution in [3.63, 3.8) is 0 Å². The summed E-state index contributed by atoms with van der Waals surface area (Å²) in [7, 11) is 0. The highest BCUT2D eigenvalue weighted by Crippen LogP contribution is 2.51. The molecule has 1 N–H and O–H groups in total. The van der Waals surface area contributed by atoms with Crippen LogP contribution in [0, 0.1) is 11.3 Å². The van der Waals surface area contributed by atoms with Gasteiger partial charge in [-0.3, -0.25) is 14.9 Å². The first-order valence-electron chi connectivity index (χ1n) is 8.10. The number of pyridine rings is 1. The lowest BCUT2D eigenvalue weighted by Gasteiger charge is -2.19. The molecule has 1 aliphatic rings. The molecule has 0 radical (unpaired) electrons. The number of thioether (sulfide) groups is 2. The number of hydrogen-bond acceptors (Lipinski definition) is 7. The maximum Gasteiger partial charge on any atom is 0.412 e. The van der Waals surface area contributed by atoms with Crippen LogP contribution < -0.4 is 5.32 Å². The number of aromatic nitrogens is 3. The van der Waals surface area contributed by atoms with Crippen molar-refractivity contribution in [3.8, 4) is 6.07 Å². The van der Waals surface area contributed by atoms with E-state index < -0.39 is 11.7 Å². The topological polar surface area (TPSA) is 92.8 Å². The van der Waals surface area contributed by atoms with Gasteiger partial charge in [-0.2, -0.15) is 5.26 Å². The minimum absolute atomic E-state index is 0.385. The third-order valence-electron chi connectivity index (χ3n) is 3.26. The number of carbonyl (C=O) groups is 1. The number of carbonyl (C=O) groups excluding carboxylic acids is 1. The largest absolute Gasteiger partial charge is 0.444 e. The van der Waals surface area contributed by atoms with Gasteiger partial charge in [0.1, 0.15) is 17.4 Å². The van der Waals surface area contributed by atoms with Crippen LogP contribution in [0.4, 0.5) is 10.5 Å². The summed E-state index contributed by atoms with van der Waals surface area (Å²) >= 11 is 9.21. The lowest BCUT2D eigenvalue weighted by atomic mass is 10.2. The first-order valence-corrected chi connectivity index (χ1v) is 10.2. The molecule has 1 amide bonds. The summed E-state index contributed by atoms with van der Waals surface area (Å²) in [5.41, 5.74) is 0.899. The lowest BCUT2D eigenvalue weighted by molar-refractivity contribution is 0.0636. The van der Waals surface area contributed by atoms with Crippen LogP contribution in [0.5, 0.6) is 0 Å². The molecule has 0 saturated carbocycles. The fraction of sp³-hybridized carbons (Fsp3) is 0.222. The van der Waals surface area contributed by atoms with Gasteiger partial charge in [-0.05, 0) is 32.2 Å². The monoisotopic (exact) mass is 433 g/mol. The van der Waals surface area contributed by atoms with Crippen molar-refractivity contribution in [3.05, 3.63) is 51.3 Å². The molecule has 0 atom stereocenters. The molecule has 0 aliphatic carbocycles. The van der Waals surface area contributed by atoms with E-state index in [4.69, 9.17) is 16.3 Å². The van der Waals surface area contributed by atoms with E-state index >= 15 is 0 Å². The van der Waals surface area contributed by atoms with Gasteiger partial charge in [0.05, 0.1) is 33.2 Å². The number of nitrogens with zero attached hydrogens (tertiary/aromatic N) is 4. The molecule has 1 aliphatic heterocycles. The van der Waals surface area contributed by atoms with Crippen LogP contribution in [0.1, 0.15) is 26.5 Å². The van der Waals surface area contributed by atoms with Crippen molar-refractivity contribution in [2.75, 3.05) is 5.32 Å². The SMILES string of the molecule is CC(C)(C)OC(=O)Nc1cnc(C2=CS/C(=C(/C#N)n3ccnc3)S2)c(Cl)c1. The van der Waals surface area contributed by atoms with Crippen molar-refractivity contribution < 1.29 is 9.53 Å². The highest BCUT2D eigenvalue weighted by atomic mass is 35.5. The Kier molecular flexibility index (Phi) is 6.03. The summed E-state index contributed by atoms with van der Waals surface area (Å²) in [4.78, 5) is 21.0. The van der Waals surface area contributed by atoms with Crippen molar-refractivity contribution in [2.45, 2.75) is 26.4 Å². The zero-order valence-electron chi connectivity index (χ0n) is 15.3. The zero-order valence-corrected chi connectivity index (χ0v) is 17.7. The molecule has 0 spiro atoms. The van der Waals surface area contributed by atoms with Gasteiger partial charge >= 0.3 is 6.09 Å². The molecule has 0 unspecified atom stereocenters. The van der Waals surface area contributed by atoms with Crippen molar-refractivity contribution in [1.29, 1.82) is 5.26 Å². The fourth-order valence-electron chi connectivity index (χ4n) is 2.17. The van der Waals surface area contributed by atoms with Crippen molar-refractivity contribution in [2.24, 2.45) is 0 Å². The summed E-state index contributed by atoms with van der Waals surface area (Å²) < 4.78 is 7.69. The Balaban J connectivity index is 1.75. The minimum Gasteiger partial charge on any atom is -0.444 e. The Morgan fingerprint density at radius 3 is 2.82 bits per heavy atom. The second kappa shape index (κ2) is 8.31. The number of amides is 1.